The monoisotopic (exact) mass is 433 g/mol. The van der Waals surface area contributed by atoms with Gasteiger partial charge in [-0.25, -0.2) is 0 Å². The van der Waals surface area contributed by atoms with E-state index in [1.165, 1.54) is 26.7 Å². The molecule has 3 aliphatic heterocycles. The molecule has 24 heavy (non-hydrogen) atoms. The molecule has 0 bridgehead atoms. The van der Waals surface area contributed by atoms with Crippen molar-refractivity contribution in [2.45, 2.75) is 6.42 Å². The summed E-state index contributed by atoms with van der Waals surface area (Å²) in [5.74, 6) is -0.199. The Morgan fingerprint density at radius 1 is 0.917 bits per heavy atom. The topological polar surface area (TPSA) is 46.2 Å². The van der Waals surface area contributed by atoms with Crippen molar-refractivity contribution >= 4 is 53.2 Å². The second kappa shape index (κ2) is 5.39. The molecule has 5 rings (SSSR count). The maximum absolute atomic E-state index is 12.1. The summed E-state index contributed by atoms with van der Waals surface area (Å²) in [6.45, 7) is 0. The van der Waals surface area contributed by atoms with E-state index >= 15 is 0 Å². The van der Waals surface area contributed by atoms with Crippen molar-refractivity contribution in [2.24, 2.45) is 0 Å². The third-order valence-electron chi connectivity index (χ3n) is 4.79. The minimum atomic E-state index is -2.20. The molecule has 2 saturated heterocycles. The zero-order chi connectivity index (χ0) is 16.3. The molecular weight excluding hydrogens is 421 g/mol. The van der Waals surface area contributed by atoms with Gasteiger partial charge in [0.15, 0.2) is 0 Å². The molecule has 0 atom stereocenters. The third-order valence-corrected chi connectivity index (χ3v) is 15.4. The van der Waals surface area contributed by atoms with Gasteiger partial charge in [-0.3, -0.25) is 0 Å². The van der Waals surface area contributed by atoms with Crippen LogP contribution >= 0.6 is 11.8 Å². The fraction of sp³-hybridized carbons (Fsp3) is 0.0526. The van der Waals surface area contributed by atoms with E-state index in [1.54, 1.807) is 0 Å². The number of fused-ring (bicyclic) bond motifs is 3. The molecule has 2 aromatic carbocycles. The molecule has 2 aromatic rings. The Morgan fingerprint density at radius 3 is 2.42 bits per heavy atom. The summed E-state index contributed by atoms with van der Waals surface area (Å²) in [5.41, 5.74) is 4.04. The predicted octanol–water partition coefficient (Wildman–Crippen LogP) is 2.73. The number of hydrogen-bond donors (Lipinski definition) is 1. The van der Waals surface area contributed by atoms with Gasteiger partial charge in [-0.1, -0.05) is 0 Å². The first-order valence-corrected chi connectivity index (χ1v) is 13.6. The Labute approximate surface area is 151 Å². The normalized spacial score (nSPS) is 21.1. The van der Waals surface area contributed by atoms with Crippen LogP contribution in [0, 0.1) is 0 Å². The summed E-state index contributed by atoms with van der Waals surface area (Å²) in [6, 6.07) is 19.1. The van der Waals surface area contributed by atoms with Gasteiger partial charge in [0.1, 0.15) is 0 Å². The van der Waals surface area contributed by atoms with E-state index in [0.717, 1.165) is 18.2 Å². The van der Waals surface area contributed by atoms with Gasteiger partial charge < -0.3 is 0 Å². The molecule has 0 radical (unpaired) electrons. The molecule has 0 aromatic heterocycles. The van der Waals surface area contributed by atoms with Crippen molar-refractivity contribution in [2.75, 3.05) is 0 Å². The maximum atomic E-state index is 12.1. The van der Waals surface area contributed by atoms with E-state index in [0.29, 0.717) is 4.91 Å². The first-order valence-electron chi connectivity index (χ1n) is 7.88. The van der Waals surface area contributed by atoms with Crippen LogP contribution in [0.5, 0.6) is 0 Å². The van der Waals surface area contributed by atoms with E-state index in [4.69, 9.17) is 0 Å². The molecular formula is C19H12InNO2S. The molecule has 0 unspecified atom stereocenters. The molecule has 2 fully saturated rings. The average molecular weight is 433 g/mol. The van der Waals surface area contributed by atoms with Gasteiger partial charge in [-0.05, 0) is 0 Å². The summed E-state index contributed by atoms with van der Waals surface area (Å²) in [6.07, 6.45) is 0.900. The van der Waals surface area contributed by atoms with Crippen molar-refractivity contribution in [3.8, 4) is 0 Å². The summed E-state index contributed by atoms with van der Waals surface area (Å²) >= 11 is -1.12. The molecule has 3 aliphatic rings. The van der Waals surface area contributed by atoms with Crippen LogP contribution in [0.1, 0.15) is 11.1 Å². The molecule has 0 aliphatic carbocycles. The molecule has 1 N–H and O–H groups in total. The Hall–Kier alpha value is -1.72. The van der Waals surface area contributed by atoms with Crippen LogP contribution < -0.4 is 8.64 Å². The number of rotatable bonds is 2. The quantitative estimate of drug-likeness (QED) is 0.742. The molecule has 2 amide bonds. The SMILES string of the molecule is O=C1NC(=O)/C(=[C]2/[C]3=C(Cc4ccccc4)c4cccc[c]4[In]32)S1. The zero-order valence-corrected chi connectivity index (χ0v) is 16.8. The van der Waals surface area contributed by atoms with Gasteiger partial charge in [-0.2, -0.15) is 0 Å². The fourth-order valence-corrected chi connectivity index (χ4v) is 17.0. The Balaban J connectivity index is 1.64. The summed E-state index contributed by atoms with van der Waals surface area (Å²) in [4.78, 5) is 24.3. The number of hydrogen-bond acceptors (Lipinski definition) is 3. The zero-order valence-electron chi connectivity index (χ0n) is 12.7. The molecule has 3 nitrogen and oxygen atoms in total. The summed E-state index contributed by atoms with van der Waals surface area (Å²) in [5, 5.41) is 2.17. The van der Waals surface area contributed by atoms with Crippen molar-refractivity contribution in [3.05, 3.63) is 77.3 Å². The van der Waals surface area contributed by atoms with Crippen molar-refractivity contribution in [1.82, 2.24) is 5.32 Å². The average Bonchev–Trinajstić information content (AvgIpc) is 3.11. The van der Waals surface area contributed by atoms with Crippen molar-refractivity contribution in [3.63, 3.8) is 0 Å². The van der Waals surface area contributed by atoms with Crippen LogP contribution in [0.25, 0.3) is 5.57 Å². The van der Waals surface area contributed by atoms with Crippen LogP contribution in [0.15, 0.2) is 66.2 Å². The second-order valence-corrected chi connectivity index (χ2v) is 14.7. The predicted molar refractivity (Wildman–Crippen MR) is 97.1 cm³/mol. The number of nitrogens with one attached hydrogen (secondary N) is 1. The minimum absolute atomic E-state index is 0.199. The van der Waals surface area contributed by atoms with Gasteiger partial charge in [0.25, 0.3) is 0 Å². The van der Waals surface area contributed by atoms with Gasteiger partial charge >= 0.3 is 152 Å². The van der Waals surface area contributed by atoms with Crippen molar-refractivity contribution < 1.29 is 9.59 Å². The Kier molecular flexibility index (Phi) is 3.28. The summed E-state index contributed by atoms with van der Waals surface area (Å²) < 4.78 is 4.18. The Morgan fingerprint density at radius 2 is 1.67 bits per heavy atom. The summed E-state index contributed by atoms with van der Waals surface area (Å²) in [7, 11) is 0. The standard InChI is InChI=1S/C19H12NO2S.In/c21-18-17(23-19(22)20-18)12-11-16(15-9-5-2-6-10-15)13-14-7-3-1-4-8-14;/h1-9H,13H2,(H,20,21,22);. The van der Waals surface area contributed by atoms with Gasteiger partial charge in [0.2, 0.25) is 0 Å². The number of imide groups is 1. The van der Waals surface area contributed by atoms with Crippen molar-refractivity contribution in [1.29, 1.82) is 0 Å². The van der Waals surface area contributed by atoms with Crippen LogP contribution in [0.3, 0.4) is 0 Å². The molecule has 5 heteroatoms. The van der Waals surface area contributed by atoms with E-state index in [9.17, 15) is 9.59 Å². The van der Waals surface area contributed by atoms with Gasteiger partial charge in [0, 0.05) is 0 Å². The van der Waals surface area contributed by atoms with E-state index < -0.39 is 21.4 Å². The number of amides is 2. The van der Waals surface area contributed by atoms with Crippen LogP contribution in [0.4, 0.5) is 4.79 Å². The number of benzene rings is 2. The number of thioether (sulfide) groups is 1. The van der Waals surface area contributed by atoms with E-state index in [-0.39, 0.29) is 11.1 Å². The number of carbonyl (C=O) groups excluding carboxylic acids is 2. The second-order valence-electron chi connectivity index (χ2n) is 6.16. The van der Waals surface area contributed by atoms with Gasteiger partial charge in [-0.15, -0.1) is 0 Å². The van der Waals surface area contributed by atoms with Crippen LogP contribution in [-0.4, -0.2) is 32.6 Å². The van der Waals surface area contributed by atoms with Crippen LogP contribution in [-0.2, 0) is 11.2 Å². The number of allylic oxidation sites excluding steroid dienone is 3. The third kappa shape index (κ3) is 2.15. The molecule has 0 spiro atoms. The van der Waals surface area contributed by atoms with Gasteiger partial charge in [0.05, 0.1) is 0 Å². The van der Waals surface area contributed by atoms with E-state index in [1.807, 2.05) is 6.07 Å². The fourth-order valence-electron chi connectivity index (χ4n) is 3.77. The first kappa shape index (κ1) is 14.6. The molecule has 3 heterocycles. The molecule has 0 saturated carbocycles. The van der Waals surface area contributed by atoms with Crippen LogP contribution in [0.2, 0.25) is 0 Å². The molecule has 114 valence electrons. The first-order chi connectivity index (χ1) is 11.7. The number of carbonyl (C=O) groups is 2. The Bertz CT molecular complexity index is 978. The van der Waals surface area contributed by atoms with E-state index in [2.05, 4.69) is 53.8 Å².